The number of methoxy groups -OCH3 is 1. The molecule has 1 aliphatic rings. The number of carbonyl (C=O) groups excluding carboxylic acids is 1. The van der Waals surface area contributed by atoms with Gasteiger partial charge in [0.1, 0.15) is 5.75 Å². The van der Waals surface area contributed by atoms with Gasteiger partial charge in [0.2, 0.25) is 5.91 Å². The smallest absolute Gasteiger partial charge is 0.223 e. The minimum atomic E-state index is -0.720. The largest absolute Gasteiger partial charge is 0.497 e. The molecule has 1 fully saturated rings. The zero-order valence-electron chi connectivity index (χ0n) is 19.0. The number of guanidine groups is 1. The molecule has 2 aromatic carbocycles. The Hall–Kier alpha value is -3.06. The Bertz CT molecular complexity index is 888. The van der Waals surface area contributed by atoms with Gasteiger partial charge < -0.3 is 25.4 Å². The van der Waals surface area contributed by atoms with Gasteiger partial charge >= 0.3 is 0 Å². The molecule has 2 aromatic rings. The summed E-state index contributed by atoms with van der Waals surface area (Å²) in [7, 11) is 1.60. The van der Waals surface area contributed by atoms with Crippen LogP contribution in [0.1, 0.15) is 30.6 Å². The molecule has 3 rings (SSSR count). The summed E-state index contributed by atoms with van der Waals surface area (Å²) in [5, 5.41) is 17.0. The number of nitrogens with zero attached hydrogens (tertiary/aromatic N) is 2. The van der Waals surface area contributed by atoms with Crippen LogP contribution in [0.15, 0.2) is 59.6 Å². The van der Waals surface area contributed by atoms with Crippen molar-refractivity contribution in [3.8, 4) is 5.75 Å². The van der Waals surface area contributed by atoms with Gasteiger partial charge in [-0.3, -0.25) is 9.79 Å². The van der Waals surface area contributed by atoms with Gasteiger partial charge in [-0.15, -0.1) is 0 Å². The Labute approximate surface area is 190 Å². The van der Waals surface area contributed by atoms with Crippen LogP contribution in [0.3, 0.4) is 0 Å². The van der Waals surface area contributed by atoms with Crippen LogP contribution in [-0.4, -0.2) is 61.7 Å². The fourth-order valence-electron chi connectivity index (χ4n) is 3.83. The second kappa shape index (κ2) is 12.1. The number of nitrogens with one attached hydrogen (secondary N) is 2. The highest BCUT2D eigenvalue weighted by molar-refractivity contribution is 5.81. The molecule has 172 valence electrons. The van der Waals surface area contributed by atoms with Crippen LogP contribution in [0, 0.1) is 5.92 Å². The first-order valence-corrected chi connectivity index (χ1v) is 11.2. The van der Waals surface area contributed by atoms with Crippen molar-refractivity contribution < 1.29 is 14.6 Å². The fraction of sp³-hybridized carbons (Fsp3) is 0.440. The van der Waals surface area contributed by atoms with Crippen LogP contribution in [0.4, 0.5) is 0 Å². The molecule has 0 aromatic heterocycles. The fourth-order valence-corrected chi connectivity index (χ4v) is 3.83. The van der Waals surface area contributed by atoms with Crippen molar-refractivity contribution in [2.75, 3.05) is 39.8 Å². The van der Waals surface area contributed by atoms with Gasteiger partial charge in [-0.25, -0.2) is 0 Å². The number of aliphatic hydroxyl groups excluding tert-OH is 1. The number of carbonyl (C=O) groups is 1. The molecule has 1 amide bonds. The van der Waals surface area contributed by atoms with E-state index in [-0.39, 0.29) is 18.4 Å². The van der Waals surface area contributed by atoms with Gasteiger partial charge in [0, 0.05) is 38.5 Å². The van der Waals surface area contributed by atoms with E-state index in [0.717, 1.165) is 25.1 Å². The number of aliphatic hydroxyl groups is 1. The lowest BCUT2D eigenvalue weighted by Crippen LogP contribution is -2.40. The van der Waals surface area contributed by atoms with Crippen molar-refractivity contribution in [2.45, 2.75) is 25.9 Å². The lowest BCUT2D eigenvalue weighted by atomic mass is 10.1. The van der Waals surface area contributed by atoms with Gasteiger partial charge in [-0.1, -0.05) is 42.5 Å². The standard InChI is InChI=1S/C25H34N4O3/c1-3-26-25(28-17-23(30)21-10-7-11-22(15-21)32-2)27-16-20-14-24(31)29(18-20)13-12-19-8-5-4-6-9-19/h4-11,15,20,23,30H,3,12-14,16-18H2,1-2H3,(H2,26,27,28). The van der Waals surface area contributed by atoms with Gasteiger partial charge in [-0.2, -0.15) is 0 Å². The molecule has 7 heteroatoms. The number of ether oxygens (including phenoxy) is 1. The normalized spacial score (nSPS) is 17.3. The highest BCUT2D eigenvalue weighted by Crippen LogP contribution is 2.20. The van der Waals surface area contributed by atoms with E-state index in [1.165, 1.54) is 5.56 Å². The first kappa shape index (κ1) is 23.6. The molecule has 3 N–H and O–H groups in total. The zero-order chi connectivity index (χ0) is 22.8. The maximum absolute atomic E-state index is 12.4. The predicted molar refractivity (Wildman–Crippen MR) is 127 cm³/mol. The average molecular weight is 439 g/mol. The number of benzene rings is 2. The molecule has 0 saturated carbocycles. The number of amides is 1. The number of hydrogen-bond donors (Lipinski definition) is 3. The van der Waals surface area contributed by atoms with E-state index in [0.29, 0.717) is 31.2 Å². The molecule has 1 heterocycles. The molecule has 0 spiro atoms. The summed E-state index contributed by atoms with van der Waals surface area (Å²) in [6.45, 7) is 5.11. The summed E-state index contributed by atoms with van der Waals surface area (Å²) in [6, 6.07) is 17.6. The Morgan fingerprint density at radius 1 is 1.22 bits per heavy atom. The molecule has 7 nitrogen and oxygen atoms in total. The van der Waals surface area contributed by atoms with Gasteiger partial charge in [-0.05, 0) is 36.6 Å². The van der Waals surface area contributed by atoms with E-state index < -0.39 is 6.10 Å². The van der Waals surface area contributed by atoms with E-state index in [1.54, 1.807) is 7.11 Å². The third-order valence-electron chi connectivity index (χ3n) is 5.61. The lowest BCUT2D eigenvalue weighted by Gasteiger charge is -2.18. The van der Waals surface area contributed by atoms with Crippen molar-refractivity contribution in [3.63, 3.8) is 0 Å². The van der Waals surface area contributed by atoms with Crippen molar-refractivity contribution in [2.24, 2.45) is 10.9 Å². The summed E-state index contributed by atoms with van der Waals surface area (Å²) < 4.78 is 5.22. The monoisotopic (exact) mass is 438 g/mol. The van der Waals surface area contributed by atoms with E-state index >= 15 is 0 Å². The number of rotatable bonds is 10. The minimum absolute atomic E-state index is 0.211. The first-order valence-electron chi connectivity index (χ1n) is 11.2. The molecule has 0 bridgehead atoms. The number of hydrogen-bond acceptors (Lipinski definition) is 4. The lowest BCUT2D eigenvalue weighted by molar-refractivity contribution is -0.127. The Morgan fingerprint density at radius 2 is 2.03 bits per heavy atom. The van der Waals surface area contributed by atoms with Gasteiger partial charge in [0.15, 0.2) is 5.96 Å². The van der Waals surface area contributed by atoms with Crippen LogP contribution in [0.25, 0.3) is 0 Å². The molecular formula is C25H34N4O3. The maximum Gasteiger partial charge on any atom is 0.223 e. The molecule has 2 atom stereocenters. The predicted octanol–water partition coefficient (Wildman–Crippen LogP) is 2.37. The van der Waals surface area contributed by atoms with Crippen LogP contribution in [0.2, 0.25) is 0 Å². The molecule has 1 aliphatic heterocycles. The summed E-state index contributed by atoms with van der Waals surface area (Å²) in [6.07, 6.45) is 0.703. The van der Waals surface area contributed by atoms with E-state index in [2.05, 4.69) is 27.8 Å². The summed E-state index contributed by atoms with van der Waals surface area (Å²) >= 11 is 0. The Morgan fingerprint density at radius 3 is 2.78 bits per heavy atom. The Balaban J connectivity index is 1.48. The molecule has 2 unspecified atom stereocenters. The summed E-state index contributed by atoms with van der Waals surface area (Å²) in [5.41, 5.74) is 2.01. The molecule has 32 heavy (non-hydrogen) atoms. The maximum atomic E-state index is 12.4. The van der Waals surface area contributed by atoms with Crippen molar-refractivity contribution in [3.05, 3.63) is 65.7 Å². The number of likely N-dealkylation sites (tertiary alicyclic amines) is 1. The minimum Gasteiger partial charge on any atom is -0.497 e. The van der Waals surface area contributed by atoms with Crippen molar-refractivity contribution in [1.82, 2.24) is 15.5 Å². The second-order valence-corrected chi connectivity index (χ2v) is 8.04. The van der Waals surface area contributed by atoms with Crippen LogP contribution in [0.5, 0.6) is 5.75 Å². The van der Waals surface area contributed by atoms with Gasteiger partial charge in [0.05, 0.1) is 19.8 Å². The number of aliphatic imine (C=N–C) groups is 1. The van der Waals surface area contributed by atoms with E-state index in [9.17, 15) is 9.90 Å². The molecule has 0 radical (unpaired) electrons. The Kier molecular flexibility index (Phi) is 8.92. The third-order valence-corrected chi connectivity index (χ3v) is 5.61. The van der Waals surface area contributed by atoms with Crippen molar-refractivity contribution >= 4 is 11.9 Å². The molecule has 1 saturated heterocycles. The molecule has 0 aliphatic carbocycles. The van der Waals surface area contributed by atoms with Crippen LogP contribution >= 0.6 is 0 Å². The van der Waals surface area contributed by atoms with Crippen LogP contribution in [-0.2, 0) is 11.2 Å². The van der Waals surface area contributed by atoms with Crippen LogP contribution < -0.4 is 15.4 Å². The summed E-state index contributed by atoms with van der Waals surface area (Å²) in [4.78, 5) is 18.9. The van der Waals surface area contributed by atoms with Gasteiger partial charge in [0.25, 0.3) is 0 Å². The molecular weight excluding hydrogens is 404 g/mol. The highest BCUT2D eigenvalue weighted by Gasteiger charge is 2.29. The first-order chi connectivity index (χ1) is 15.6. The third kappa shape index (κ3) is 6.99. The zero-order valence-corrected chi connectivity index (χ0v) is 19.0. The topological polar surface area (TPSA) is 86.2 Å². The summed E-state index contributed by atoms with van der Waals surface area (Å²) in [5.74, 6) is 1.80. The second-order valence-electron chi connectivity index (χ2n) is 8.04. The quantitative estimate of drug-likeness (QED) is 0.392. The van der Waals surface area contributed by atoms with E-state index in [1.807, 2.05) is 54.3 Å². The average Bonchev–Trinajstić information content (AvgIpc) is 3.19. The van der Waals surface area contributed by atoms with E-state index in [4.69, 9.17) is 4.74 Å². The van der Waals surface area contributed by atoms with Crippen molar-refractivity contribution in [1.29, 1.82) is 0 Å². The highest BCUT2D eigenvalue weighted by atomic mass is 16.5. The SMILES string of the molecule is CCNC(=NCC(O)c1cccc(OC)c1)NCC1CC(=O)N(CCc2ccccc2)C1.